The maximum Gasteiger partial charge on any atom is 0.245 e. The Hall–Kier alpha value is -1.73. The monoisotopic (exact) mass is 382 g/mol. The summed E-state index contributed by atoms with van der Waals surface area (Å²) in [4.78, 5) is 37.0. The molecule has 0 aliphatic carbocycles. The van der Waals surface area contributed by atoms with Crippen molar-refractivity contribution in [2.45, 2.75) is 77.5 Å². The second-order valence-corrected chi connectivity index (χ2v) is 8.05. The van der Waals surface area contributed by atoms with Gasteiger partial charge in [-0.3, -0.25) is 14.4 Å². The number of nitrogens with one attached hydrogen (secondary N) is 2. The zero-order valence-corrected chi connectivity index (χ0v) is 17.0. The van der Waals surface area contributed by atoms with Crippen molar-refractivity contribution in [1.29, 1.82) is 0 Å². The van der Waals surface area contributed by atoms with E-state index in [-0.39, 0.29) is 18.1 Å². The summed E-state index contributed by atoms with van der Waals surface area (Å²) in [6, 6.07) is -1.88. The van der Waals surface area contributed by atoms with Crippen LogP contribution in [0, 0.1) is 5.92 Å². The first-order valence-corrected chi connectivity index (χ1v) is 9.62. The zero-order chi connectivity index (χ0) is 20.6. The molecule has 7 heteroatoms. The molecule has 3 N–H and O–H groups in total. The molecule has 0 saturated carbocycles. The summed E-state index contributed by atoms with van der Waals surface area (Å²) in [5.41, 5.74) is -0.130. The molecule has 0 radical (unpaired) electrons. The second kappa shape index (κ2) is 10.6. The van der Waals surface area contributed by atoms with Gasteiger partial charge in [-0.15, -0.1) is 6.58 Å². The first-order chi connectivity index (χ1) is 12.6. The van der Waals surface area contributed by atoms with Crippen LogP contribution in [0.5, 0.6) is 0 Å². The lowest BCUT2D eigenvalue weighted by Crippen LogP contribution is -2.54. The molecular weight excluding hydrogens is 348 g/mol. The number of aliphatic hydroxyl groups is 1. The van der Waals surface area contributed by atoms with Crippen molar-refractivity contribution in [3.8, 4) is 0 Å². The molecule has 154 valence electrons. The number of epoxide rings is 1. The van der Waals surface area contributed by atoms with Gasteiger partial charge in [0.25, 0.3) is 0 Å². The van der Waals surface area contributed by atoms with Crippen LogP contribution in [0.1, 0.15) is 59.8 Å². The molecule has 0 unspecified atom stereocenters. The zero-order valence-electron chi connectivity index (χ0n) is 17.0. The SMILES string of the molecule is C=C(C)C[C@H](NC(=O)[C@H](CO)NC(=O)CCCCC(C)C)C(=O)[C@@]1(C)CO1. The van der Waals surface area contributed by atoms with E-state index in [1.54, 1.807) is 13.8 Å². The molecule has 3 atom stereocenters. The fourth-order valence-corrected chi connectivity index (χ4v) is 2.75. The van der Waals surface area contributed by atoms with Gasteiger partial charge >= 0.3 is 0 Å². The molecule has 7 nitrogen and oxygen atoms in total. The van der Waals surface area contributed by atoms with Crippen molar-refractivity contribution < 1.29 is 24.2 Å². The number of unbranched alkanes of at least 4 members (excludes halogenated alkanes) is 1. The third kappa shape index (κ3) is 8.22. The van der Waals surface area contributed by atoms with E-state index in [0.29, 0.717) is 18.9 Å². The van der Waals surface area contributed by atoms with E-state index in [1.807, 2.05) is 0 Å². The van der Waals surface area contributed by atoms with Gasteiger partial charge in [-0.2, -0.15) is 0 Å². The lowest BCUT2D eigenvalue weighted by molar-refractivity contribution is -0.133. The molecule has 1 saturated heterocycles. The molecule has 1 rings (SSSR count). The molecule has 1 aliphatic heterocycles. The molecule has 1 heterocycles. The average Bonchev–Trinajstić information content (AvgIpc) is 3.33. The molecule has 0 aromatic carbocycles. The Morgan fingerprint density at radius 1 is 1.19 bits per heavy atom. The van der Waals surface area contributed by atoms with Crippen molar-refractivity contribution >= 4 is 17.6 Å². The molecule has 0 aromatic heterocycles. The van der Waals surface area contributed by atoms with Gasteiger partial charge in [0.1, 0.15) is 11.6 Å². The summed E-state index contributed by atoms with van der Waals surface area (Å²) < 4.78 is 5.18. The highest BCUT2D eigenvalue weighted by Crippen LogP contribution is 2.29. The number of hydrogen-bond acceptors (Lipinski definition) is 5. The Balaban J connectivity index is 2.57. The minimum absolute atomic E-state index is 0.226. The summed E-state index contributed by atoms with van der Waals surface area (Å²) in [5.74, 6) is -0.509. The van der Waals surface area contributed by atoms with Gasteiger partial charge in [0.2, 0.25) is 11.8 Å². The van der Waals surface area contributed by atoms with Crippen molar-refractivity contribution in [2.75, 3.05) is 13.2 Å². The van der Waals surface area contributed by atoms with Crippen LogP contribution in [0.25, 0.3) is 0 Å². The van der Waals surface area contributed by atoms with Crippen molar-refractivity contribution in [3.63, 3.8) is 0 Å². The predicted molar refractivity (Wildman–Crippen MR) is 103 cm³/mol. The summed E-state index contributed by atoms with van der Waals surface area (Å²) >= 11 is 0. The van der Waals surface area contributed by atoms with Crippen molar-refractivity contribution in [1.82, 2.24) is 10.6 Å². The van der Waals surface area contributed by atoms with E-state index in [1.165, 1.54) is 0 Å². The molecule has 0 aromatic rings. The number of rotatable bonds is 13. The van der Waals surface area contributed by atoms with E-state index >= 15 is 0 Å². The first-order valence-electron chi connectivity index (χ1n) is 9.62. The number of amides is 2. The molecule has 2 amide bonds. The molecular formula is C20H34N2O5. The lowest BCUT2D eigenvalue weighted by atomic mass is 9.95. The molecule has 0 bridgehead atoms. The lowest BCUT2D eigenvalue weighted by Gasteiger charge is -2.23. The molecule has 27 heavy (non-hydrogen) atoms. The van der Waals surface area contributed by atoms with Gasteiger partial charge in [0.15, 0.2) is 5.78 Å². The quantitative estimate of drug-likeness (QED) is 0.254. The average molecular weight is 383 g/mol. The van der Waals surface area contributed by atoms with E-state index in [2.05, 4.69) is 31.1 Å². The highest BCUT2D eigenvalue weighted by molar-refractivity contribution is 5.98. The van der Waals surface area contributed by atoms with Gasteiger partial charge in [-0.1, -0.05) is 32.3 Å². The van der Waals surface area contributed by atoms with Crippen molar-refractivity contribution in [2.24, 2.45) is 5.92 Å². The van der Waals surface area contributed by atoms with Crippen LogP contribution in [0.3, 0.4) is 0 Å². The minimum Gasteiger partial charge on any atom is -0.394 e. The second-order valence-electron chi connectivity index (χ2n) is 8.05. The maximum atomic E-state index is 12.5. The largest absolute Gasteiger partial charge is 0.394 e. The van der Waals surface area contributed by atoms with Gasteiger partial charge in [0.05, 0.1) is 19.3 Å². The maximum absolute atomic E-state index is 12.5. The van der Waals surface area contributed by atoms with Gasteiger partial charge in [-0.05, 0) is 32.6 Å². The third-order valence-electron chi connectivity index (χ3n) is 4.55. The number of ether oxygens (including phenoxy) is 1. The smallest absolute Gasteiger partial charge is 0.245 e. The number of hydrogen-bond donors (Lipinski definition) is 3. The Bertz CT molecular complexity index is 555. The van der Waals surface area contributed by atoms with E-state index < -0.39 is 30.2 Å². The summed E-state index contributed by atoms with van der Waals surface area (Å²) in [6.07, 6.45) is 3.30. The van der Waals surface area contributed by atoms with Crippen LogP contribution in [0.15, 0.2) is 12.2 Å². The van der Waals surface area contributed by atoms with Crippen LogP contribution in [-0.4, -0.2) is 53.6 Å². The predicted octanol–water partition coefficient (Wildman–Crippen LogP) is 1.49. The first kappa shape index (κ1) is 23.3. The summed E-state index contributed by atoms with van der Waals surface area (Å²) in [5, 5.41) is 14.7. The fourth-order valence-electron chi connectivity index (χ4n) is 2.75. The van der Waals surface area contributed by atoms with Crippen LogP contribution in [0.2, 0.25) is 0 Å². The van der Waals surface area contributed by atoms with Crippen LogP contribution in [-0.2, 0) is 19.1 Å². The summed E-state index contributed by atoms with van der Waals surface area (Å²) in [6.45, 7) is 11.3. The summed E-state index contributed by atoms with van der Waals surface area (Å²) in [7, 11) is 0. The Labute approximate surface area is 161 Å². The molecule has 1 fully saturated rings. The van der Waals surface area contributed by atoms with E-state index in [9.17, 15) is 19.5 Å². The van der Waals surface area contributed by atoms with Gasteiger partial charge in [-0.25, -0.2) is 0 Å². The fraction of sp³-hybridized carbons (Fsp3) is 0.750. The van der Waals surface area contributed by atoms with Crippen LogP contribution >= 0.6 is 0 Å². The highest BCUT2D eigenvalue weighted by atomic mass is 16.6. The Morgan fingerprint density at radius 3 is 2.30 bits per heavy atom. The third-order valence-corrected chi connectivity index (χ3v) is 4.55. The van der Waals surface area contributed by atoms with E-state index in [0.717, 1.165) is 24.8 Å². The van der Waals surface area contributed by atoms with Crippen LogP contribution < -0.4 is 10.6 Å². The van der Waals surface area contributed by atoms with Gasteiger partial charge < -0.3 is 20.5 Å². The number of carbonyl (C=O) groups excluding carboxylic acids is 3. The number of aliphatic hydroxyl groups excluding tert-OH is 1. The number of Topliss-reactive ketones (excluding diaryl/α,β-unsaturated/α-hetero) is 1. The Morgan fingerprint density at radius 2 is 1.81 bits per heavy atom. The number of carbonyl (C=O) groups is 3. The Kier molecular flexibility index (Phi) is 9.12. The standard InChI is InChI=1S/C20H34N2O5/c1-13(2)8-6-7-9-17(24)21-16(11-23)19(26)22-15(10-14(3)4)18(25)20(5)12-27-20/h13,15-16,23H,3,6-12H2,1-2,4-5H3,(H,21,24)(H,22,26)/t15-,16-,20+/m0/s1. The van der Waals surface area contributed by atoms with E-state index in [4.69, 9.17) is 4.74 Å². The molecule has 1 aliphatic rings. The number of ketones is 1. The minimum atomic E-state index is -1.09. The van der Waals surface area contributed by atoms with Gasteiger partial charge in [0, 0.05) is 6.42 Å². The topological polar surface area (TPSA) is 108 Å². The normalized spacial score (nSPS) is 20.7. The molecule has 0 spiro atoms. The highest BCUT2D eigenvalue weighted by Gasteiger charge is 2.50. The van der Waals surface area contributed by atoms with Crippen LogP contribution in [0.4, 0.5) is 0 Å². The van der Waals surface area contributed by atoms with Crippen molar-refractivity contribution in [3.05, 3.63) is 12.2 Å².